The summed E-state index contributed by atoms with van der Waals surface area (Å²) >= 11 is 0. The molecule has 7 heteroatoms. The minimum atomic E-state index is -0.240. The molecule has 1 aromatic carbocycles. The van der Waals surface area contributed by atoms with Crippen LogP contribution in [-0.4, -0.2) is 51.2 Å². The molecule has 3 rings (SSSR count). The fourth-order valence-electron chi connectivity index (χ4n) is 3.26. The first-order chi connectivity index (χ1) is 12.2. The molecule has 0 unspecified atom stereocenters. The molecule has 0 aliphatic carbocycles. The number of carbonyl (C=O) groups is 1. The Balaban J connectivity index is 1.44. The highest BCUT2D eigenvalue weighted by molar-refractivity contribution is 5.78. The highest BCUT2D eigenvalue weighted by Gasteiger charge is 2.24. The number of nitrogens with zero attached hydrogens (tertiary/aromatic N) is 4. The first kappa shape index (κ1) is 17.5. The van der Waals surface area contributed by atoms with E-state index in [2.05, 4.69) is 20.3 Å². The van der Waals surface area contributed by atoms with Crippen LogP contribution in [0.15, 0.2) is 36.9 Å². The summed E-state index contributed by atoms with van der Waals surface area (Å²) in [6.45, 7) is 2.67. The molecule has 1 aliphatic heterocycles. The lowest BCUT2D eigenvalue weighted by Gasteiger charge is -2.35. The summed E-state index contributed by atoms with van der Waals surface area (Å²) in [5, 5.41) is 7.13. The van der Waals surface area contributed by atoms with Crippen molar-refractivity contribution in [2.24, 2.45) is 0 Å². The summed E-state index contributed by atoms with van der Waals surface area (Å²) in [6.07, 6.45) is 7.33. The van der Waals surface area contributed by atoms with Crippen LogP contribution in [0.25, 0.3) is 0 Å². The molecular formula is C18H24FN5O. The largest absolute Gasteiger partial charge is 0.355 e. The van der Waals surface area contributed by atoms with E-state index in [4.69, 9.17) is 0 Å². The first-order valence-corrected chi connectivity index (χ1v) is 8.78. The second-order valence-electron chi connectivity index (χ2n) is 6.46. The van der Waals surface area contributed by atoms with Crippen LogP contribution in [0.4, 0.5) is 4.39 Å². The molecule has 6 nitrogen and oxygen atoms in total. The van der Waals surface area contributed by atoms with Crippen LogP contribution in [0.1, 0.15) is 24.8 Å². The predicted molar refractivity (Wildman–Crippen MR) is 92.3 cm³/mol. The third-order valence-electron chi connectivity index (χ3n) is 4.61. The van der Waals surface area contributed by atoms with E-state index < -0.39 is 0 Å². The zero-order valence-corrected chi connectivity index (χ0v) is 14.3. The number of amides is 1. The van der Waals surface area contributed by atoms with Gasteiger partial charge in [0.25, 0.3) is 0 Å². The maximum Gasteiger partial charge on any atom is 0.234 e. The lowest BCUT2D eigenvalue weighted by atomic mass is 10.0. The molecule has 1 atom stereocenters. The number of carbonyl (C=O) groups excluding carboxylic acids is 1. The van der Waals surface area contributed by atoms with E-state index in [1.807, 2.05) is 4.68 Å². The summed E-state index contributed by atoms with van der Waals surface area (Å²) in [5.74, 6) is -0.205. The minimum Gasteiger partial charge on any atom is -0.355 e. The van der Waals surface area contributed by atoms with Crippen molar-refractivity contribution >= 4 is 5.91 Å². The third-order valence-corrected chi connectivity index (χ3v) is 4.61. The molecule has 0 radical (unpaired) electrons. The molecule has 134 valence electrons. The molecule has 1 saturated heterocycles. The number of aromatic nitrogens is 3. The molecule has 1 N–H and O–H groups in total. The summed E-state index contributed by atoms with van der Waals surface area (Å²) in [5.41, 5.74) is 1.02. The number of hydrogen-bond donors (Lipinski definition) is 1. The zero-order chi connectivity index (χ0) is 17.5. The quantitative estimate of drug-likeness (QED) is 0.828. The Morgan fingerprint density at radius 1 is 1.28 bits per heavy atom. The summed E-state index contributed by atoms with van der Waals surface area (Å²) in [6, 6.07) is 6.71. The Morgan fingerprint density at radius 2 is 2.12 bits per heavy atom. The van der Waals surface area contributed by atoms with Crippen LogP contribution < -0.4 is 5.32 Å². The monoisotopic (exact) mass is 345 g/mol. The van der Waals surface area contributed by atoms with Gasteiger partial charge in [0.1, 0.15) is 18.5 Å². The number of rotatable bonds is 7. The first-order valence-electron chi connectivity index (χ1n) is 8.78. The fraction of sp³-hybridized carbons (Fsp3) is 0.500. The Morgan fingerprint density at radius 3 is 2.88 bits per heavy atom. The van der Waals surface area contributed by atoms with Crippen molar-refractivity contribution in [1.82, 2.24) is 25.0 Å². The van der Waals surface area contributed by atoms with Crippen molar-refractivity contribution in [3.8, 4) is 0 Å². The maximum atomic E-state index is 12.9. The highest BCUT2D eigenvalue weighted by Crippen LogP contribution is 2.17. The van der Waals surface area contributed by atoms with E-state index in [-0.39, 0.29) is 11.7 Å². The predicted octanol–water partition coefficient (Wildman–Crippen LogP) is 1.63. The summed E-state index contributed by atoms with van der Waals surface area (Å²) < 4.78 is 14.7. The molecule has 0 saturated carbocycles. The second kappa shape index (κ2) is 8.71. The van der Waals surface area contributed by atoms with Gasteiger partial charge in [-0.2, -0.15) is 5.10 Å². The lowest BCUT2D eigenvalue weighted by Crippen LogP contribution is -2.47. The van der Waals surface area contributed by atoms with Crippen LogP contribution >= 0.6 is 0 Å². The molecule has 1 aliphatic rings. The SMILES string of the molecule is O=C(CN1CCCC[C@@H]1Cn1cncn1)NCCc1ccc(F)cc1. The number of likely N-dealkylation sites (tertiary alicyclic amines) is 1. The van der Waals surface area contributed by atoms with Crippen LogP contribution in [0.5, 0.6) is 0 Å². The van der Waals surface area contributed by atoms with Gasteiger partial charge in [0, 0.05) is 12.6 Å². The van der Waals surface area contributed by atoms with Crippen LogP contribution in [0, 0.1) is 5.82 Å². The van der Waals surface area contributed by atoms with Crippen molar-refractivity contribution in [3.05, 3.63) is 48.3 Å². The van der Waals surface area contributed by atoms with Crippen molar-refractivity contribution in [1.29, 1.82) is 0 Å². The standard InChI is InChI=1S/C18H24FN5O/c19-16-6-4-15(5-7-16)8-9-21-18(25)12-23-10-2-1-3-17(23)11-24-14-20-13-22-24/h4-7,13-14,17H,1-3,8-12H2,(H,21,25)/t17-/m1/s1. The number of benzene rings is 1. The second-order valence-corrected chi connectivity index (χ2v) is 6.46. The number of nitrogens with one attached hydrogen (secondary N) is 1. The topological polar surface area (TPSA) is 63.1 Å². The van der Waals surface area contributed by atoms with Gasteiger partial charge >= 0.3 is 0 Å². The number of hydrogen-bond acceptors (Lipinski definition) is 4. The van der Waals surface area contributed by atoms with Gasteiger partial charge < -0.3 is 5.32 Å². The maximum absolute atomic E-state index is 12.9. The zero-order valence-electron chi connectivity index (χ0n) is 14.3. The Bertz CT molecular complexity index is 659. The van der Waals surface area contributed by atoms with Crippen molar-refractivity contribution in [2.75, 3.05) is 19.6 Å². The van der Waals surface area contributed by atoms with Gasteiger partial charge in [-0.05, 0) is 43.5 Å². The lowest BCUT2D eigenvalue weighted by molar-refractivity contribution is -0.123. The molecule has 1 aromatic heterocycles. The van der Waals surface area contributed by atoms with Gasteiger partial charge in [0.05, 0.1) is 13.1 Å². The molecular weight excluding hydrogens is 321 g/mol. The van der Waals surface area contributed by atoms with E-state index >= 15 is 0 Å². The molecule has 2 aromatic rings. The fourth-order valence-corrected chi connectivity index (χ4v) is 3.26. The molecule has 2 heterocycles. The van der Waals surface area contributed by atoms with Crippen molar-refractivity contribution in [2.45, 2.75) is 38.3 Å². The molecule has 1 fully saturated rings. The van der Waals surface area contributed by atoms with Crippen LogP contribution in [0.3, 0.4) is 0 Å². The van der Waals surface area contributed by atoms with Gasteiger partial charge in [-0.25, -0.2) is 9.37 Å². The van der Waals surface area contributed by atoms with Crippen LogP contribution in [0.2, 0.25) is 0 Å². The van der Waals surface area contributed by atoms with Gasteiger partial charge in [-0.15, -0.1) is 0 Å². The molecule has 0 bridgehead atoms. The normalized spacial score (nSPS) is 18.2. The minimum absolute atomic E-state index is 0.0348. The number of piperidine rings is 1. The summed E-state index contributed by atoms with van der Waals surface area (Å²) in [7, 11) is 0. The smallest absolute Gasteiger partial charge is 0.234 e. The van der Waals surface area contributed by atoms with Crippen molar-refractivity contribution < 1.29 is 9.18 Å². The molecule has 1 amide bonds. The highest BCUT2D eigenvalue weighted by atomic mass is 19.1. The van der Waals surface area contributed by atoms with Gasteiger partial charge in [0.15, 0.2) is 0 Å². The van der Waals surface area contributed by atoms with Gasteiger partial charge in [-0.1, -0.05) is 18.6 Å². The average Bonchev–Trinajstić information content (AvgIpc) is 3.11. The Hall–Kier alpha value is -2.28. The molecule has 0 spiro atoms. The Kier molecular flexibility index (Phi) is 6.11. The third kappa shape index (κ3) is 5.35. The van der Waals surface area contributed by atoms with Crippen LogP contribution in [-0.2, 0) is 17.8 Å². The van der Waals surface area contributed by atoms with E-state index in [1.165, 1.54) is 24.9 Å². The van der Waals surface area contributed by atoms with E-state index in [9.17, 15) is 9.18 Å². The van der Waals surface area contributed by atoms with E-state index in [0.29, 0.717) is 25.6 Å². The van der Waals surface area contributed by atoms with Gasteiger partial charge in [0.2, 0.25) is 5.91 Å². The Labute approximate surface area is 147 Å². The summed E-state index contributed by atoms with van der Waals surface area (Å²) in [4.78, 5) is 18.5. The number of halogens is 1. The van der Waals surface area contributed by atoms with Crippen molar-refractivity contribution in [3.63, 3.8) is 0 Å². The molecule has 25 heavy (non-hydrogen) atoms. The van der Waals surface area contributed by atoms with Gasteiger partial charge in [-0.3, -0.25) is 14.4 Å². The van der Waals surface area contributed by atoms with E-state index in [0.717, 1.165) is 31.5 Å². The average molecular weight is 345 g/mol. The van der Waals surface area contributed by atoms with E-state index in [1.54, 1.807) is 18.5 Å².